The Morgan fingerprint density at radius 1 is 1.23 bits per heavy atom. The lowest BCUT2D eigenvalue weighted by molar-refractivity contribution is -0.125. The number of hydrogen-bond donors (Lipinski definition) is 1. The van der Waals surface area contributed by atoms with E-state index >= 15 is 0 Å². The molecule has 120 valence electrons. The van der Waals surface area contributed by atoms with Gasteiger partial charge in [0, 0.05) is 6.04 Å². The van der Waals surface area contributed by atoms with E-state index in [9.17, 15) is 9.59 Å². The normalized spacial score (nSPS) is 21.2. The Labute approximate surface area is 132 Å². The molecule has 0 aliphatic heterocycles. The SMILES string of the molecule is Cc1cccc(C(=O)OCC(=O)NC2CCCCC2C)c1C. The Morgan fingerprint density at radius 3 is 2.68 bits per heavy atom. The van der Waals surface area contributed by atoms with Gasteiger partial charge < -0.3 is 10.1 Å². The van der Waals surface area contributed by atoms with Crippen molar-refractivity contribution in [2.45, 2.75) is 52.5 Å². The fourth-order valence-electron chi connectivity index (χ4n) is 2.96. The van der Waals surface area contributed by atoms with Gasteiger partial charge in [-0.05, 0) is 49.8 Å². The van der Waals surface area contributed by atoms with E-state index in [1.54, 1.807) is 6.07 Å². The maximum atomic E-state index is 12.1. The van der Waals surface area contributed by atoms with Crippen molar-refractivity contribution in [3.63, 3.8) is 0 Å². The van der Waals surface area contributed by atoms with Gasteiger partial charge in [-0.15, -0.1) is 0 Å². The van der Waals surface area contributed by atoms with E-state index in [4.69, 9.17) is 4.74 Å². The number of rotatable bonds is 4. The van der Waals surface area contributed by atoms with Crippen molar-refractivity contribution in [1.29, 1.82) is 0 Å². The summed E-state index contributed by atoms with van der Waals surface area (Å²) in [6, 6.07) is 5.71. The molecule has 2 rings (SSSR count). The average Bonchev–Trinajstić information content (AvgIpc) is 2.50. The maximum absolute atomic E-state index is 12.1. The van der Waals surface area contributed by atoms with E-state index in [-0.39, 0.29) is 18.6 Å². The summed E-state index contributed by atoms with van der Waals surface area (Å²) in [6.07, 6.45) is 4.54. The van der Waals surface area contributed by atoms with Crippen molar-refractivity contribution < 1.29 is 14.3 Å². The number of carbonyl (C=O) groups excluding carboxylic acids is 2. The minimum Gasteiger partial charge on any atom is -0.452 e. The lowest BCUT2D eigenvalue weighted by Gasteiger charge is -2.29. The maximum Gasteiger partial charge on any atom is 0.338 e. The van der Waals surface area contributed by atoms with E-state index in [1.165, 1.54) is 6.42 Å². The smallest absolute Gasteiger partial charge is 0.338 e. The first-order valence-corrected chi connectivity index (χ1v) is 8.01. The van der Waals surface area contributed by atoms with Crippen LogP contribution in [0.2, 0.25) is 0 Å². The Balaban J connectivity index is 1.85. The van der Waals surface area contributed by atoms with Gasteiger partial charge in [0.05, 0.1) is 5.56 Å². The molecule has 0 heterocycles. The fraction of sp³-hybridized carbons (Fsp3) is 0.556. The summed E-state index contributed by atoms with van der Waals surface area (Å²) in [5.74, 6) is -0.155. The molecule has 0 bridgehead atoms. The second-order valence-electron chi connectivity index (χ2n) is 6.26. The molecule has 2 atom stereocenters. The Hall–Kier alpha value is -1.84. The highest BCUT2D eigenvalue weighted by molar-refractivity contribution is 5.93. The molecule has 1 saturated carbocycles. The summed E-state index contributed by atoms with van der Waals surface area (Å²) in [6.45, 7) is 5.78. The van der Waals surface area contributed by atoms with Gasteiger partial charge in [0.2, 0.25) is 0 Å². The van der Waals surface area contributed by atoms with E-state index < -0.39 is 5.97 Å². The monoisotopic (exact) mass is 303 g/mol. The first-order chi connectivity index (χ1) is 10.5. The average molecular weight is 303 g/mol. The minimum absolute atomic E-state index is 0.209. The molecule has 4 heteroatoms. The molecular formula is C18H25NO3. The van der Waals surface area contributed by atoms with Gasteiger partial charge in [0.15, 0.2) is 6.61 Å². The number of benzene rings is 1. The molecule has 22 heavy (non-hydrogen) atoms. The second kappa shape index (κ2) is 7.43. The van der Waals surface area contributed by atoms with Crippen LogP contribution in [0.15, 0.2) is 18.2 Å². The van der Waals surface area contributed by atoms with Crippen LogP contribution in [0.5, 0.6) is 0 Å². The van der Waals surface area contributed by atoms with Gasteiger partial charge >= 0.3 is 5.97 Å². The number of aryl methyl sites for hydroxylation is 1. The van der Waals surface area contributed by atoms with Crippen molar-refractivity contribution in [2.24, 2.45) is 5.92 Å². The molecule has 0 radical (unpaired) electrons. The van der Waals surface area contributed by atoms with Crippen LogP contribution in [0.4, 0.5) is 0 Å². The zero-order valence-electron chi connectivity index (χ0n) is 13.6. The summed E-state index contributed by atoms with van der Waals surface area (Å²) in [7, 11) is 0. The first kappa shape index (κ1) is 16.5. The predicted octanol–water partition coefficient (Wildman–Crippen LogP) is 3.16. The number of nitrogens with one attached hydrogen (secondary N) is 1. The summed E-state index contributed by atoms with van der Waals surface area (Å²) in [5, 5.41) is 2.99. The molecule has 1 aromatic carbocycles. The van der Waals surface area contributed by atoms with Crippen LogP contribution in [0, 0.1) is 19.8 Å². The van der Waals surface area contributed by atoms with Crippen molar-refractivity contribution >= 4 is 11.9 Å². The van der Waals surface area contributed by atoms with Crippen molar-refractivity contribution in [3.05, 3.63) is 34.9 Å². The van der Waals surface area contributed by atoms with Gasteiger partial charge in [-0.3, -0.25) is 4.79 Å². The quantitative estimate of drug-likeness (QED) is 0.869. The Kier molecular flexibility index (Phi) is 5.58. The molecule has 1 aromatic rings. The standard InChI is InChI=1S/C18H25NO3/c1-12-8-6-9-15(14(12)3)18(21)22-11-17(20)19-16-10-5-4-7-13(16)2/h6,8-9,13,16H,4-5,7,10-11H2,1-3H3,(H,19,20). The second-order valence-corrected chi connectivity index (χ2v) is 6.26. The molecule has 0 spiro atoms. The van der Waals surface area contributed by atoms with E-state index in [1.807, 2.05) is 26.0 Å². The predicted molar refractivity (Wildman–Crippen MR) is 85.8 cm³/mol. The van der Waals surface area contributed by atoms with E-state index in [0.717, 1.165) is 30.4 Å². The first-order valence-electron chi connectivity index (χ1n) is 8.01. The topological polar surface area (TPSA) is 55.4 Å². The number of amides is 1. The molecule has 1 amide bonds. The van der Waals surface area contributed by atoms with Crippen molar-refractivity contribution in [3.8, 4) is 0 Å². The van der Waals surface area contributed by atoms with Crippen LogP contribution in [-0.2, 0) is 9.53 Å². The molecule has 1 aliphatic rings. The third kappa shape index (κ3) is 4.09. The Bertz CT molecular complexity index is 553. The van der Waals surface area contributed by atoms with Gasteiger partial charge in [-0.2, -0.15) is 0 Å². The van der Waals surface area contributed by atoms with Crippen LogP contribution in [0.1, 0.15) is 54.1 Å². The highest BCUT2D eigenvalue weighted by atomic mass is 16.5. The summed E-state index contributed by atoms with van der Waals surface area (Å²) < 4.78 is 5.15. The molecule has 0 saturated heterocycles. The molecule has 1 aliphatic carbocycles. The fourth-order valence-corrected chi connectivity index (χ4v) is 2.96. The third-order valence-electron chi connectivity index (χ3n) is 4.62. The molecule has 4 nitrogen and oxygen atoms in total. The van der Waals surface area contributed by atoms with Crippen LogP contribution in [0.3, 0.4) is 0 Å². The highest BCUT2D eigenvalue weighted by Gasteiger charge is 2.23. The lowest BCUT2D eigenvalue weighted by atomic mass is 9.86. The van der Waals surface area contributed by atoms with Gasteiger partial charge in [0.1, 0.15) is 0 Å². The molecular weight excluding hydrogens is 278 g/mol. The van der Waals surface area contributed by atoms with E-state index in [0.29, 0.717) is 11.5 Å². The van der Waals surface area contributed by atoms with Gasteiger partial charge in [0.25, 0.3) is 5.91 Å². The third-order valence-corrected chi connectivity index (χ3v) is 4.62. The van der Waals surface area contributed by atoms with Crippen molar-refractivity contribution in [2.75, 3.05) is 6.61 Å². The summed E-state index contributed by atoms with van der Waals surface area (Å²) in [4.78, 5) is 24.0. The van der Waals surface area contributed by atoms with E-state index in [2.05, 4.69) is 12.2 Å². The number of ether oxygens (including phenoxy) is 1. The number of carbonyl (C=O) groups is 2. The van der Waals surface area contributed by atoms with Crippen LogP contribution >= 0.6 is 0 Å². The zero-order valence-corrected chi connectivity index (χ0v) is 13.6. The lowest BCUT2D eigenvalue weighted by Crippen LogP contribution is -2.42. The zero-order chi connectivity index (χ0) is 16.1. The van der Waals surface area contributed by atoms with Gasteiger partial charge in [-0.25, -0.2) is 4.79 Å². The van der Waals surface area contributed by atoms with Crippen molar-refractivity contribution in [1.82, 2.24) is 5.32 Å². The Morgan fingerprint density at radius 2 is 1.95 bits per heavy atom. The molecule has 0 aromatic heterocycles. The molecule has 1 fully saturated rings. The molecule has 2 unspecified atom stereocenters. The van der Waals surface area contributed by atoms with Crippen LogP contribution in [-0.4, -0.2) is 24.5 Å². The minimum atomic E-state index is -0.437. The largest absolute Gasteiger partial charge is 0.452 e. The van der Waals surface area contributed by atoms with Crippen LogP contribution < -0.4 is 5.32 Å². The summed E-state index contributed by atoms with van der Waals surface area (Å²) in [5.41, 5.74) is 2.46. The highest BCUT2D eigenvalue weighted by Crippen LogP contribution is 2.23. The summed E-state index contributed by atoms with van der Waals surface area (Å²) >= 11 is 0. The van der Waals surface area contributed by atoms with Crippen LogP contribution in [0.25, 0.3) is 0 Å². The van der Waals surface area contributed by atoms with Gasteiger partial charge in [-0.1, -0.05) is 31.9 Å². The molecule has 1 N–H and O–H groups in total. The number of hydrogen-bond acceptors (Lipinski definition) is 3. The number of esters is 1.